The molecule has 30 heavy (non-hydrogen) atoms. The molecule has 0 saturated carbocycles. The molecule has 0 rings (SSSR count). The van der Waals surface area contributed by atoms with E-state index in [1.165, 1.54) is 6.92 Å². The van der Waals surface area contributed by atoms with Gasteiger partial charge in [0.15, 0.2) is 0 Å². The minimum atomic E-state index is -1.51. The van der Waals surface area contributed by atoms with Crippen molar-refractivity contribution in [1.82, 2.24) is 16.0 Å². The van der Waals surface area contributed by atoms with Crippen molar-refractivity contribution in [2.45, 2.75) is 78.0 Å². The smallest absolute Gasteiger partial charge is 0.326 e. The molecule has 0 aromatic carbocycles. The Balaban J connectivity index is 5.12. The zero-order chi connectivity index (χ0) is 23.6. The van der Waals surface area contributed by atoms with Gasteiger partial charge in [-0.05, 0) is 25.2 Å². The summed E-state index contributed by atoms with van der Waals surface area (Å²) in [6, 6.07) is -4.30. The number of aliphatic carboxylic acids is 1. The first-order valence-corrected chi connectivity index (χ1v) is 9.97. The fourth-order valence-electron chi connectivity index (χ4n) is 2.56. The highest BCUT2D eigenvalue weighted by Crippen LogP contribution is 2.09. The standard InChI is InChI=1S/C19H35N5O6/c1-6-10(4)15(21)18(28)23-12(7-9(2)3)17(27)22-11(5)16(26)24-13(19(29)30)8-14(20)25/h9-13,15H,6-8,21H2,1-5H3,(H2,20,25)(H,22,27)(H,23,28)(H,24,26)(H,29,30). The number of carbonyl (C=O) groups is 5. The van der Waals surface area contributed by atoms with Crippen LogP contribution in [0.3, 0.4) is 0 Å². The molecule has 0 aromatic rings. The predicted octanol–water partition coefficient (Wildman–Crippen LogP) is -1.16. The van der Waals surface area contributed by atoms with E-state index in [0.29, 0.717) is 12.8 Å². The number of hydrogen-bond donors (Lipinski definition) is 6. The number of carboxylic acids is 1. The topological polar surface area (TPSA) is 194 Å². The number of amides is 4. The molecular weight excluding hydrogens is 394 g/mol. The van der Waals surface area contributed by atoms with Gasteiger partial charge in [0.1, 0.15) is 18.1 Å². The highest BCUT2D eigenvalue weighted by atomic mass is 16.4. The molecule has 4 amide bonds. The van der Waals surface area contributed by atoms with Gasteiger partial charge >= 0.3 is 5.97 Å². The van der Waals surface area contributed by atoms with Gasteiger partial charge in [0.05, 0.1) is 12.5 Å². The number of rotatable bonds is 13. The van der Waals surface area contributed by atoms with Crippen LogP contribution in [-0.4, -0.2) is 58.9 Å². The van der Waals surface area contributed by atoms with E-state index in [4.69, 9.17) is 16.6 Å². The van der Waals surface area contributed by atoms with E-state index < -0.39 is 60.2 Å². The molecule has 0 heterocycles. The molecule has 0 radical (unpaired) electrons. The summed E-state index contributed by atoms with van der Waals surface area (Å²) in [6.07, 6.45) is 0.433. The van der Waals surface area contributed by atoms with Crippen LogP contribution >= 0.6 is 0 Å². The van der Waals surface area contributed by atoms with Gasteiger partial charge in [-0.1, -0.05) is 34.1 Å². The summed E-state index contributed by atoms with van der Waals surface area (Å²) in [5.74, 6) is -4.19. The third-order valence-corrected chi connectivity index (χ3v) is 4.67. The molecule has 0 bridgehead atoms. The minimum absolute atomic E-state index is 0.0666. The molecule has 8 N–H and O–H groups in total. The van der Waals surface area contributed by atoms with Crippen molar-refractivity contribution in [3.8, 4) is 0 Å². The van der Waals surface area contributed by atoms with Gasteiger partial charge in [0, 0.05) is 0 Å². The van der Waals surface area contributed by atoms with E-state index >= 15 is 0 Å². The van der Waals surface area contributed by atoms with Gasteiger partial charge in [-0.2, -0.15) is 0 Å². The lowest BCUT2D eigenvalue weighted by Crippen LogP contribution is -2.57. The first-order chi connectivity index (χ1) is 13.8. The lowest BCUT2D eigenvalue weighted by molar-refractivity contribution is -0.143. The largest absolute Gasteiger partial charge is 0.480 e. The summed E-state index contributed by atoms with van der Waals surface area (Å²) >= 11 is 0. The first kappa shape index (κ1) is 27.3. The quantitative estimate of drug-likeness (QED) is 0.212. The maximum Gasteiger partial charge on any atom is 0.326 e. The van der Waals surface area contributed by atoms with Gasteiger partial charge in [-0.25, -0.2) is 4.79 Å². The maximum absolute atomic E-state index is 12.7. The van der Waals surface area contributed by atoms with E-state index in [-0.39, 0.29) is 11.8 Å². The number of carbonyl (C=O) groups excluding carboxylic acids is 4. The van der Waals surface area contributed by atoms with E-state index in [2.05, 4.69) is 16.0 Å². The number of hydrogen-bond acceptors (Lipinski definition) is 6. The molecule has 5 atom stereocenters. The second kappa shape index (κ2) is 12.8. The normalized spacial score (nSPS) is 16.0. The van der Waals surface area contributed by atoms with E-state index in [1.807, 2.05) is 27.7 Å². The molecule has 0 saturated heterocycles. The fraction of sp³-hybridized carbons (Fsp3) is 0.737. The summed E-state index contributed by atoms with van der Waals surface area (Å²) in [5.41, 5.74) is 10.9. The van der Waals surface area contributed by atoms with Gasteiger partial charge in [0.2, 0.25) is 23.6 Å². The van der Waals surface area contributed by atoms with Crippen LogP contribution in [0, 0.1) is 11.8 Å². The first-order valence-electron chi connectivity index (χ1n) is 9.97. The monoisotopic (exact) mass is 429 g/mol. The van der Waals surface area contributed by atoms with E-state index in [0.717, 1.165) is 0 Å². The van der Waals surface area contributed by atoms with Crippen LogP contribution < -0.4 is 27.4 Å². The Hall–Kier alpha value is -2.69. The number of primary amides is 1. The van der Waals surface area contributed by atoms with Gasteiger partial charge in [-0.15, -0.1) is 0 Å². The summed E-state index contributed by atoms with van der Waals surface area (Å²) in [4.78, 5) is 59.3. The Morgan fingerprint density at radius 1 is 0.867 bits per heavy atom. The average molecular weight is 430 g/mol. The molecule has 11 heteroatoms. The van der Waals surface area contributed by atoms with Crippen LogP contribution in [0.5, 0.6) is 0 Å². The maximum atomic E-state index is 12.7. The van der Waals surface area contributed by atoms with Crippen molar-refractivity contribution in [2.75, 3.05) is 0 Å². The molecule has 11 nitrogen and oxygen atoms in total. The summed E-state index contributed by atoms with van der Waals surface area (Å²) in [7, 11) is 0. The Bertz CT molecular complexity index is 639. The number of nitrogens with one attached hydrogen (secondary N) is 3. The molecule has 0 aliphatic heterocycles. The number of nitrogens with two attached hydrogens (primary N) is 2. The Kier molecular flexibility index (Phi) is 11.6. The second-order valence-electron chi connectivity index (χ2n) is 7.90. The third kappa shape index (κ3) is 9.68. The Morgan fingerprint density at radius 3 is 1.83 bits per heavy atom. The zero-order valence-corrected chi connectivity index (χ0v) is 18.2. The van der Waals surface area contributed by atoms with Crippen LogP contribution in [0.4, 0.5) is 0 Å². The van der Waals surface area contributed by atoms with Gasteiger partial charge in [0.25, 0.3) is 0 Å². The van der Waals surface area contributed by atoms with Crippen molar-refractivity contribution < 1.29 is 29.1 Å². The van der Waals surface area contributed by atoms with E-state index in [1.54, 1.807) is 0 Å². The van der Waals surface area contributed by atoms with Crippen molar-refractivity contribution >= 4 is 29.6 Å². The SMILES string of the molecule is CCC(C)C(N)C(=O)NC(CC(C)C)C(=O)NC(C)C(=O)NC(CC(N)=O)C(=O)O. The predicted molar refractivity (Wildman–Crippen MR) is 110 cm³/mol. The van der Waals surface area contributed by atoms with Gasteiger partial charge < -0.3 is 32.5 Å². The average Bonchev–Trinajstić information content (AvgIpc) is 2.64. The molecule has 0 aliphatic rings. The summed E-state index contributed by atoms with van der Waals surface area (Å²) in [6.45, 7) is 8.84. The van der Waals surface area contributed by atoms with Crippen LogP contribution in [0.2, 0.25) is 0 Å². The van der Waals surface area contributed by atoms with Crippen molar-refractivity contribution in [2.24, 2.45) is 23.3 Å². The third-order valence-electron chi connectivity index (χ3n) is 4.67. The van der Waals surface area contributed by atoms with Gasteiger partial charge in [-0.3, -0.25) is 19.2 Å². The summed E-state index contributed by atoms with van der Waals surface area (Å²) < 4.78 is 0. The second-order valence-corrected chi connectivity index (χ2v) is 7.90. The minimum Gasteiger partial charge on any atom is -0.480 e. The van der Waals surface area contributed by atoms with Crippen molar-refractivity contribution in [3.63, 3.8) is 0 Å². The highest BCUT2D eigenvalue weighted by molar-refractivity contribution is 5.94. The Labute approximate surface area is 176 Å². The van der Waals surface area contributed by atoms with Crippen LogP contribution in [0.1, 0.15) is 53.9 Å². The molecule has 0 aromatic heterocycles. The van der Waals surface area contributed by atoms with Crippen molar-refractivity contribution in [3.05, 3.63) is 0 Å². The molecule has 0 spiro atoms. The zero-order valence-electron chi connectivity index (χ0n) is 18.2. The molecule has 0 aliphatic carbocycles. The van der Waals surface area contributed by atoms with Crippen LogP contribution in [0.25, 0.3) is 0 Å². The molecule has 172 valence electrons. The molecule has 5 unspecified atom stereocenters. The lowest BCUT2D eigenvalue weighted by atomic mass is 9.97. The molecule has 0 fully saturated rings. The van der Waals surface area contributed by atoms with Crippen molar-refractivity contribution in [1.29, 1.82) is 0 Å². The number of carboxylic acid groups (broad SMARTS) is 1. The van der Waals surface area contributed by atoms with E-state index in [9.17, 15) is 24.0 Å². The fourth-order valence-corrected chi connectivity index (χ4v) is 2.56. The lowest BCUT2D eigenvalue weighted by Gasteiger charge is -2.25. The highest BCUT2D eigenvalue weighted by Gasteiger charge is 2.30. The Morgan fingerprint density at radius 2 is 1.40 bits per heavy atom. The van der Waals surface area contributed by atoms with Crippen LogP contribution in [0.15, 0.2) is 0 Å². The van der Waals surface area contributed by atoms with Crippen LogP contribution in [-0.2, 0) is 24.0 Å². The summed E-state index contributed by atoms with van der Waals surface area (Å²) in [5, 5.41) is 16.3. The molecular formula is C19H35N5O6.